The van der Waals surface area contributed by atoms with E-state index in [0.717, 1.165) is 5.56 Å². The molecular weight excluding hydrogens is 248 g/mol. The van der Waals surface area contributed by atoms with Gasteiger partial charge in [-0.05, 0) is 5.56 Å². The fourth-order valence-electron chi connectivity index (χ4n) is 2.15. The summed E-state index contributed by atoms with van der Waals surface area (Å²) < 4.78 is 16.5. The minimum absolute atomic E-state index is 0.239. The Labute approximate surface area is 112 Å². The Kier molecular flexibility index (Phi) is 5.30. The third-order valence-corrected chi connectivity index (χ3v) is 3.23. The lowest BCUT2D eigenvalue weighted by Gasteiger charge is -2.17. The van der Waals surface area contributed by atoms with Crippen LogP contribution in [0.4, 0.5) is 0 Å². The van der Waals surface area contributed by atoms with Gasteiger partial charge < -0.3 is 24.4 Å². The van der Waals surface area contributed by atoms with Crippen LogP contribution in [0, 0.1) is 0 Å². The zero-order chi connectivity index (χ0) is 13.7. The fraction of sp³-hybridized carbons (Fsp3) is 0.571. The van der Waals surface area contributed by atoms with Crippen LogP contribution in [0.2, 0.25) is 0 Å². The fourth-order valence-corrected chi connectivity index (χ4v) is 2.15. The van der Waals surface area contributed by atoms with E-state index in [-0.39, 0.29) is 12.7 Å². The molecule has 0 aromatic heterocycles. The van der Waals surface area contributed by atoms with Gasteiger partial charge in [0.25, 0.3) is 0 Å². The van der Waals surface area contributed by atoms with Gasteiger partial charge in [-0.3, -0.25) is 0 Å². The standard InChI is InChI=1S/C14H20O5/c1-17-14-13(7-12(19-14)11(16)8-15)18-9-10-5-3-2-4-6-10/h2-6,11-16H,7-9H2,1H3/t11-,12-,13-,14-/m0/s1. The minimum Gasteiger partial charge on any atom is -0.394 e. The molecule has 0 bridgehead atoms. The van der Waals surface area contributed by atoms with E-state index in [4.69, 9.17) is 19.3 Å². The number of aliphatic hydroxyl groups excluding tert-OH is 2. The molecule has 0 unspecified atom stereocenters. The summed E-state index contributed by atoms with van der Waals surface area (Å²) >= 11 is 0. The molecule has 0 spiro atoms. The summed E-state index contributed by atoms with van der Waals surface area (Å²) in [7, 11) is 1.54. The minimum atomic E-state index is -0.900. The molecule has 0 saturated carbocycles. The molecule has 5 nitrogen and oxygen atoms in total. The normalized spacial score (nSPS) is 28.5. The number of aliphatic hydroxyl groups is 2. The van der Waals surface area contributed by atoms with Crippen LogP contribution in [0.15, 0.2) is 30.3 Å². The Morgan fingerprint density at radius 3 is 2.74 bits per heavy atom. The molecular formula is C14H20O5. The summed E-state index contributed by atoms with van der Waals surface area (Å²) in [4.78, 5) is 0. The zero-order valence-corrected chi connectivity index (χ0v) is 10.9. The van der Waals surface area contributed by atoms with Crippen LogP contribution < -0.4 is 0 Å². The molecule has 1 aromatic carbocycles. The smallest absolute Gasteiger partial charge is 0.183 e. The quantitative estimate of drug-likeness (QED) is 0.794. The second-order valence-electron chi connectivity index (χ2n) is 4.60. The molecule has 4 atom stereocenters. The molecule has 5 heteroatoms. The third-order valence-electron chi connectivity index (χ3n) is 3.23. The van der Waals surface area contributed by atoms with Crippen molar-refractivity contribution in [1.82, 2.24) is 0 Å². The van der Waals surface area contributed by atoms with E-state index < -0.39 is 18.5 Å². The average Bonchev–Trinajstić information content (AvgIpc) is 2.88. The second kappa shape index (κ2) is 6.98. The van der Waals surface area contributed by atoms with Crippen LogP contribution in [0.1, 0.15) is 12.0 Å². The van der Waals surface area contributed by atoms with Crippen molar-refractivity contribution in [2.24, 2.45) is 0 Å². The molecule has 0 aliphatic carbocycles. The summed E-state index contributed by atoms with van der Waals surface area (Å²) in [5, 5.41) is 18.5. The summed E-state index contributed by atoms with van der Waals surface area (Å²) in [5.41, 5.74) is 1.07. The summed E-state index contributed by atoms with van der Waals surface area (Å²) in [6.07, 6.45) is -1.59. The lowest BCUT2D eigenvalue weighted by Crippen LogP contribution is -2.29. The zero-order valence-electron chi connectivity index (χ0n) is 10.9. The average molecular weight is 268 g/mol. The van der Waals surface area contributed by atoms with Crippen LogP contribution in [-0.4, -0.2) is 48.5 Å². The van der Waals surface area contributed by atoms with Crippen LogP contribution >= 0.6 is 0 Å². The first kappa shape index (κ1) is 14.4. The first-order valence-electron chi connectivity index (χ1n) is 6.37. The van der Waals surface area contributed by atoms with E-state index in [9.17, 15) is 5.11 Å². The van der Waals surface area contributed by atoms with Crippen LogP contribution in [0.5, 0.6) is 0 Å². The van der Waals surface area contributed by atoms with Gasteiger partial charge in [0.2, 0.25) is 0 Å². The monoisotopic (exact) mass is 268 g/mol. The first-order valence-corrected chi connectivity index (χ1v) is 6.37. The SMILES string of the molecule is CO[C@H]1O[C@H]([C@@H](O)CO)C[C@@H]1OCc1ccccc1. The Bertz CT molecular complexity index is 369. The van der Waals surface area contributed by atoms with Gasteiger partial charge in [0.15, 0.2) is 6.29 Å². The van der Waals surface area contributed by atoms with Crippen molar-refractivity contribution in [3.8, 4) is 0 Å². The number of hydrogen-bond acceptors (Lipinski definition) is 5. The van der Waals surface area contributed by atoms with Gasteiger partial charge in [0.05, 0.1) is 19.3 Å². The maximum Gasteiger partial charge on any atom is 0.183 e. The molecule has 1 aromatic rings. The molecule has 1 saturated heterocycles. The molecule has 1 fully saturated rings. The second-order valence-corrected chi connectivity index (χ2v) is 4.60. The predicted molar refractivity (Wildman–Crippen MR) is 68.4 cm³/mol. The molecule has 2 rings (SSSR count). The van der Waals surface area contributed by atoms with Crippen molar-refractivity contribution in [3.05, 3.63) is 35.9 Å². The largest absolute Gasteiger partial charge is 0.394 e. The maximum atomic E-state index is 9.59. The Hall–Kier alpha value is -0.980. The van der Waals surface area contributed by atoms with Gasteiger partial charge in [-0.25, -0.2) is 0 Å². The summed E-state index contributed by atoms with van der Waals surface area (Å²) in [6, 6.07) is 9.83. The van der Waals surface area contributed by atoms with Crippen molar-refractivity contribution >= 4 is 0 Å². The van der Waals surface area contributed by atoms with E-state index in [0.29, 0.717) is 13.0 Å². The van der Waals surface area contributed by atoms with Gasteiger partial charge >= 0.3 is 0 Å². The lowest BCUT2D eigenvalue weighted by molar-refractivity contribution is -0.177. The highest BCUT2D eigenvalue weighted by Crippen LogP contribution is 2.26. The number of hydrogen-bond donors (Lipinski definition) is 2. The predicted octanol–water partition coefficient (Wildman–Crippen LogP) is 0.686. The number of ether oxygens (including phenoxy) is 3. The topological polar surface area (TPSA) is 68.2 Å². The van der Waals surface area contributed by atoms with Crippen LogP contribution in [-0.2, 0) is 20.8 Å². The highest BCUT2D eigenvalue weighted by molar-refractivity contribution is 5.13. The molecule has 0 radical (unpaired) electrons. The van der Waals surface area contributed by atoms with Gasteiger partial charge in [-0.2, -0.15) is 0 Å². The van der Waals surface area contributed by atoms with E-state index in [1.807, 2.05) is 30.3 Å². The first-order chi connectivity index (χ1) is 9.24. The van der Waals surface area contributed by atoms with Gasteiger partial charge in [-0.15, -0.1) is 0 Å². The number of methoxy groups -OCH3 is 1. The van der Waals surface area contributed by atoms with Crippen molar-refractivity contribution in [2.45, 2.75) is 37.6 Å². The molecule has 0 amide bonds. The van der Waals surface area contributed by atoms with E-state index in [1.165, 1.54) is 7.11 Å². The molecule has 1 aliphatic heterocycles. The van der Waals surface area contributed by atoms with Gasteiger partial charge in [-0.1, -0.05) is 30.3 Å². The summed E-state index contributed by atoms with van der Waals surface area (Å²) in [6.45, 7) is 0.142. The van der Waals surface area contributed by atoms with Crippen molar-refractivity contribution in [1.29, 1.82) is 0 Å². The van der Waals surface area contributed by atoms with E-state index >= 15 is 0 Å². The maximum absolute atomic E-state index is 9.59. The van der Waals surface area contributed by atoms with E-state index in [1.54, 1.807) is 0 Å². The van der Waals surface area contributed by atoms with Gasteiger partial charge in [0.1, 0.15) is 12.2 Å². The molecule has 1 heterocycles. The molecule has 1 aliphatic rings. The van der Waals surface area contributed by atoms with Crippen molar-refractivity contribution in [3.63, 3.8) is 0 Å². The van der Waals surface area contributed by atoms with Crippen molar-refractivity contribution < 1.29 is 24.4 Å². The van der Waals surface area contributed by atoms with E-state index in [2.05, 4.69) is 0 Å². The molecule has 19 heavy (non-hydrogen) atoms. The Morgan fingerprint density at radius 1 is 1.37 bits per heavy atom. The Morgan fingerprint density at radius 2 is 2.11 bits per heavy atom. The third kappa shape index (κ3) is 3.75. The summed E-state index contributed by atoms with van der Waals surface area (Å²) in [5.74, 6) is 0. The van der Waals surface area contributed by atoms with Crippen LogP contribution in [0.3, 0.4) is 0 Å². The van der Waals surface area contributed by atoms with Gasteiger partial charge in [0, 0.05) is 13.5 Å². The Balaban J connectivity index is 1.88. The van der Waals surface area contributed by atoms with Crippen molar-refractivity contribution in [2.75, 3.05) is 13.7 Å². The highest BCUT2D eigenvalue weighted by atomic mass is 16.7. The lowest BCUT2D eigenvalue weighted by atomic mass is 10.1. The number of benzene rings is 1. The highest BCUT2D eigenvalue weighted by Gasteiger charge is 2.39. The molecule has 106 valence electrons. The van der Waals surface area contributed by atoms with Crippen LogP contribution in [0.25, 0.3) is 0 Å². The molecule has 2 N–H and O–H groups in total. The number of rotatable bonds is 6.